The fourth-order valence-electron chi connectivity index (χ4n) is 4.21. The van der Waals surface area contributed by atoms with Crippen LogP contribution in [0.5, 0.6) is 0 Å². The molecule has 1 aliphatic heterocycles. The Kier molecular flexibility index (Phi) is 5.32. The number of fused-ring (bicyclic) bond motifs is 1. The second kappa shape index (κ2) is 8.40. The molecule has 2 N–H and O–H groups in total. The Hall–Kier alpha value is -2.99. The molecule has 6 heteroatoms. The molecule has 1 aliphatic carbocycles. The highest BCUT2D eigenvalue weighted by Crippen LogP contribution is 2.37. The highest BCUT2D eigenvalue weighted by Gasteiger charge is 2.35. The quantitative estimate of drug-likeness (QED) is 0.661. The van der Waals surface area contributed by atoms with E-state index in [0.29, 0.717) is 17.7 Å². The summed E-state index contributed by atoms with van der Waals surface area (Å²) in [7, 11) is 0. The van der Waals surface area contributed by atoms with Gasteiger partial charge in [-0.2, -0.15) is 0 Å². The molecule has 1 saturated carbocycles. The van der Waals surface area contributed by atoms with Gasteiger partial charge in [0.2, 0.25) is 0 Å². The van der Waals surface area contributed by atoms with Crippen molar-refractivity contribution in [1.82, 2.24) is 15.0 Å². The van der Waals surface area contributed by atoms with Crippen molar-refractivity contribution < 1.29 is 5.11 Å². The Morgan fingerprint density at radius 1 is 0.967 bits per heavy atom. The summed E-state index contributed by atoms with van der Waals surface area (Å²) in [6.07, 6.45) is 4.89. The predicted octanol–water partition coefficient (Wildman–Crippen LogP) is 3.18. The third-order valence-corrected chi connectivity index (χ3v) is 6.20. The number of nitrogens with zero attached hydrogens (tertiary/aromatic N) is 4. The number of aliphatic hydroxyl groups is 1. The van der Waals surface area contributed by atoms with Crippen LogP contribution in [0.1, 0.15) is 17.5 Å². The SMILES string of the molecule is OC[C@@H]1C[C@H]1CNc1cc(N2CCc3ccccc3CC2)nc(-c2ccccn2)n1. The summed E-state index contributed by atoms with van der Waals surface area (Å²) in [4.78, 5) is 16.4. The van der Waals surface area contributed by atoms with Crippen LogP contribution >= 0.6 is 0 Å². The zero-order valence-electron chi connectivity index (χ0n) is 17.0. The van der Waals surface area contributed by atoms with Crippen molar-refractivity contribution in [2.24, 2.45) is 11.8 Å². The molecular weight excluding hydrogens is 374 g/mol. The van der Waals surface area contributed by atoms with E-state index in [9.17, 15) is 5.11 Å². The van der Waals surface area contributed by atoms with Gasteiger partial charge < -0.3 is 15.3 Å². The first-order chi connectivity index (χ1) is 14.8. The minimum Gasteiger partial charge on any atom is -0.396 e. The topological polar surface area (TPSA) is 74.2 Å². The summed E-state index contributed by atoms with van der Waals surface area (Å²) >= 11 is 0. The minimum absolute atomic E-state index is 0.273. The Labute approximate surface area is 177 Å². The summed E-state index contributed by atoms with van der Waals surface area (Å²) in [5.41, 5.74) is 3.64. The van der Waals surface area contributed by atoms with Crippen LogP contribution in [-0.4, -0.2) is 46.3 Å². The molecule has 1 fully saturated rings. The normalized spacial score (nSPS) is 20.4. The van der Waals surface area contributed by atoms with Crippen molar-refractivity contribution in [3.63, 3.8) is 0 Å². The van der Waals surface area contributed by atoms with Crippen LogP contribution < -0.4 is 10.2 Å². The van der Waals surface area contributed by atoms with E-state index >= 15 is 0 Å². The van der Waals surface area contributed by atoms with Crippen LogP contribution in [0.3, 0.4) is 0 Å². The summed E-state index contributed by atoms with van der Waals surface area (Å²) in [5, 5.41) is 12.8. The van der Waals surface area contributed by atoms with E-state index in [4.69, 9.17) is 9.97 Å². The summed E-state index contributed by atoms with van der Waals surface area (Å²) in [5.74, 6) is 3.37. The Morgan fingerprint density at radius 2 is 1.73 bits per heavy atom. The largest absolute Gasteiger partial charge is 0.396 e. The molecule has 2 aliphatic rings. The number of aromatic nitrogens is 3. The molecule has 0 radical (unpaired) electrons. The molecule has 5 rings (SSSR count). The fraction of sp³-hybridized carbons (Fsp3) is 0.375. The molecule has 2 atom stereocenters. The van der Waals surface area contributed by atoms with E-state index in [0.717, 1.165) is 56.2 Å². The lowest BCUT2D eigenvalue weighted by Gasteiger charge is -2.22. The number of rotatable bonds is 6. The van der Waals surface area contributed by atoms with E-state index in [1.807, 2.05) is 18.2 Å². The van der Waals surface area contributed by atoms with Crippen LogP contribution in [0, 0.1) is 11.8 Å². The number of benzene rings is 1. The molecule has 0 saturated heterocycles. The molecule has 0 unspecified atom stereocenters. The predicted molar refractivity (Wildman–Crippen MR) is 118 cm³/mol. The van der Waals surface area contributed by atoms with Gasteiger partial charge in [-0.05, 0) is 54.4 Å². The maximum atomic E-state index is 9.31. The Bertz CT molecular complexity index is 982. The lowest BCUT2D eigenvalue weighted by Crippen LogP contribution is -2.27. The van der Waals surface area contributed by atoms with Gasteiger partial charge in [-0.3, -0.25) is 4.98 Å². The molecular formula is C24H27N5O. The van der Waals surface area contributed by atoms with E-state index in [2.05, 4.69) is 45.5 Å². The van der Waals surface area contributed by atoms with Crippen molar-refractivity contribution >= 4 is 11.6 Å². The van der Waals surface area contributed by atoms with Crippen LogP contribution in [-0.2, 0) is 12.8 Å². The second-order valence-corrected chi connectivity index (χ2v) is 8.23. The van der Waals surface area contributed by atoms with Crippen molar-refractivity contribution in [1.29, 1.82) is 0 Å². The zero-order chi connectivity index (χ0) is 20.3. The molecule has 3 aromatic rings. The number of anilines is 2. The van der Waals surface area contributed by atoms with Gasteiger partial charge in [-0.15, -0.1) is 0 Å². The van der Waals surface area contributed by atoms with Gasteiger partial charge in [-0.1, -0.05) is 30.3 Å². The average Bonchev–Trinajstić information content (AvgIpc) is 3.60. The maximum absolute atomic E-state index is 9.31. The number of pyridine rings is 1. The number of hydrogen-bond donors (Lipinski definition) is 2. The van der Waals surface area contributed by atoms with Crippen LogP contribution in [0.4, 0.5) is 11.6 Å². The van der Waals surface area contributed by atoms with Crippen LogP contribution in [0.15, 0.2) is 54.7 Å². The van der Waals surface area contributed by atoms with Crippen LogP contribution in [0.2, 0.25) is 0 Å². The van der Waals surface area contributed by atoms with Crippen molar-refractivity contribution in [3.05, 3.63) is 65.9 Å². The molecule has 2 aromatic heterocycles. The first-order valence-corrected chi connectivity index (χ1v) is 10.8. The second-order valence-electron chi connectivity index (χ2n) is 8.23. The fourth-order valence-corrected chi connectivity index (χ4v) is 4.21. The average molecular weight is 402 g/mol. The minimum atomic E-state index is 0.273. The molecule has 3 heterocycles. The third kappa shape index (κ3) is 4.14. The third-order valence-electron chi connectivity index (χ3n) is 6.20. The first-order valence-electron chi connectivity index (χ1n) is 10.8. The van der Waals surface area contributed by atoms with E-state index in [1.54, 1.807) is 6.20 Å². The highest BCUT2D eigenvalue weighted by atomic mass is 16.3. The lowest BCUT2D eigenvalue weighted by molar-refractivity contribution is 0.270. The summed E-state index contributed by atoms with van der Waals surface area (Å²) in [6.45, 7) is 2.97. The number of aliphatic hydroxyl groups excluding tert-OH is 1. The van der Waals surface area contributed by atoms with Crippen LogP contribution in [0.25, 0.3) is 11.5 Å². The highest BCUT2D eigenvalue weighted by molar-refractivity contribution is 5.59. The summed E-state index contributed by atoms with van der Waals surface area (Å²) in [6, 6.07) is 16.6. The smallest absolute Gasteiger partial charge is 0.182 e. The number of hydrogen-bond acceptors (Lipinski definition) is 6. The molecule has 0 amide bonds. The van der Waals surface area contributed by atoms with E-state index < -0.39 is 0 Å². The van der Waals surface area contributed by atoms with Gasteiger partial charge in [0.05, 0.1) is 0 Å². The standard InChI is InChI=1S/C24H27N5O/c30-16-20-13-19(20)15-26-22-14-23(28-24(27-22)21-7-3-4-10-25-21)29-11-8-17-5-1-2-6-18(17)9-12-29/h1-7,10,14,19-20,30H,8-9,11-13,15-16H2,(H,26,27,28)/t19-,20-/m0/s1. The molecule has 0 spiro atoms. The van der Waals surface area contributed by atoms with Gasteiger partial charge in [0.15, 0.2) is 5.82 Å². The molecule has 154 valence electrons. The van der Waals surface area contributed by atoms with Crippen molar-refractivity contribution in [2.45, 2.75) is 19.3 Å². The summed E-state index contributed by atoms with van der Waals surface area (Å²) < 4.78 is 0. The van der Waals surface area contributed by atoms with E-state index in [1.165, 1.54) is 11.1 Å². The Balaban J connectivity index is 1.41. The lowest BCUT2D eigenvalue weighted by atomic mass is 10.0. The van der Waals surface area contributed by atoms with Crippen molar-refractivity contribution in [3.8, 4) is 11.5 Å². The molecule has 6 nitrogen and oxygen atoms in total. The van der Waals surface area contributed by atoms with Gasteiger partial charge in [-0.25, -0.2) is 9.97 Å². The molecule has 30 heavy (non-hydrogen) atoms. The monoisotopic (exact) mass is 401 g/mol. The van der Waals surface area contributed by atoms with Gasteiger partial charge in [0.1, 0.15) is 17.3 Å². The van der Waals surface area contributed by atoms with Gasteiger partial charge in [0, 0.05) is 38.5 Å². The number of nitrogens with one attached hydrogen (secondary N) is 1. The van der Waals surface area contributed by atoms with E-state index in [-0.39, 0.29) is 6.61 Å². The molecule has 0 bridgehead atoms. The molecule has 1 aromatic carbocycles. The zero-order valence-corrected chi connectivity index (χ0v) is 17.0. The van der Waals surface area contributed by atoms with Gasteiger partial charge in [0.25, 0.3) is 0 Å². The maximum Gasteiger partial charge on any atom is 0.182 e. The van der Waals surface area contributed by atoms with Crippen molar-refractivity contribution in [2.75, 3.05) is 36.5 Å². The first kappa shape index (κ1) is 19.0. The van der Waals surface area contributed by atoms with Gasteiger partial charge >= 0.3 is 0 Å². The Morgan fingerprint density at radius 3 is 2.40 bits per heavy atom.